The number of carbonyl (C=O) groups excluding carboxylic acids is 2. The Bertz CT molecular complexity index is 564. The van der Waals surface area contributed by atoms with Crippen molar-refractivity contribution < 1.29 is 14.5 Å². The minimum Gasteiger partial charge on any atom is -0.269 e. The topological polar surface area (TPSA) is 80.5 Å². The van der Waals surface area contributed by atoms with Crippen molar-refractivity contribution in [2.75, 3.05) is 6.54 Å². The molecule has 1 aliphatic rings. The third-order valence-corrected chi connectivity index (χ3v) is 4.15. The molecule has 0 spiro atoms. The molecular weight excluding hydrogens is 276 g/mol. The fourth-order valence-corrected chi connectivity index (χ4v) is 3.15. The minimum absolute atomic E-state index is 0.0102. The summed E-state index contributed by atoms with van der Waals surface area (Å²) in [5, 5.41) is 10.2. The number of likely N-dealkylation sites (N-methyl/N-ethyl adjacent to an activating group) is 1. The van der Waals surface area contributed by atoms with E-state index >= 15 is 0 Å². The van der Waals surface area contributed by atoms with Crippen LogP contribution in [-0.2, 0) is 4.79 Å². The summed E-state index contributed by atoms with van der Waals surface area (Å²) >= 11 is 1.82. The number of thioether (sulfide) groups is 1. The molecule has 1 aromatic rings. The number of hydrogen-bond acceptors (Lipinski definition) is 6. The predicted octanol–water partition coefficient (Wildman–Crippen LogP) is 2.71. The van der Waals surface area contributed by atoms with Crippen LogP contribution >= 0.6 is 23.1 Å². The van der Waals surface area contributed by atoms with Gasteiger partial charge in [-0.2, -0.15) is 0 Å². The molecule has 2 rings (SSSR count). The quantitative estimate of drug-likeness (QED) is 0.484. The summed E-state index contributed by atoms with van der Waals surface area (Å²) in [7, 11) is 0. The van der Waals surface area contributed by atoms with E-state index in [1.165, 1.54) is 12.1 Å². The predicted molar refractivity (Wildman–Crippen MR) is 69.3 cm³/mol. The van der Waals surface area contributed by atoms with E-state index in [1.807, 2.05) is 0 Å². The molecule has 2 amide bonds. The van der Waals surface area contributed by atoms with Gasteiger partial charge in [-0.3, -0.25) is 24.6 Å². The van der Waals surface area contributed by atoms with Gasteiger partial charge in [-0.05, 0) is 30.8 Å². The number of hydrogen-bond donors (Lipinski definition) is 0. The molecule has 1 aromatic heterocycles. The summed E-state index contributed by atoms with van der Waals surface area (Å²) < 4.78 is 0. The van der Waals surface area contributed by atoms with E-state index in [1.54, 1.807) is 13.0 Å². The van der Waals surface area contributed by atoms with Crippen molar-refractivity contribution in [2.45, 2.75) is 6.92 Å². The molecule has 1 aliphatic heterocycles. The lowest BCUT2D eigenvalue weighted by atomic mass is 10.4. The van der Waals surface area contributed by atoms with Gasteiger partial charge in [0, 0.05) is 17.5 Å². The smallest absolute Gasteiger partial charge is 0.269 e. The third-order valence-electron chi connectivity index (χ3n) is 2.26. The number of amides is 2. The van der Waals surface area contributed by atoms with Crippen molar-refractivity contribution >= 4 is 45.3 Å². The molecule has 18 heavy (non-hydrogen) atoms. The van der Waals surface area contributed by atoms with Crippen molar-refractivity contribution in [1.82, 2.24) is 4.90 Å². The second-order valence-electron chi connectivity index (χ2n) is 3.36. The summed E-state index contributed by atoms with van der Waals surface area (Å²) in [6, 6.07) is 2.93. The van der Waals surface area contributed by atoms with Gasteiger partial charge in [0.25, 0.3) is 11.1 Å². The number of thiophene rings is 1. The van der Waals surface area contributed by atoms with Crippen LogP contribution in [0.25, 0.3) is 6.08 Å². The van der Waals surface area contributed by atoms with E-state index in [0.717, 1.165) is 28.0 Å². The van der Waals surface area contributed by atoms with Crippen molar-refractivity contribution in [1.29, 1.82) is 0 Å². The highest BCUT2D eigenvalue weighted by Crippen LogP contribution is 2.34. The first-order chi connectivity index (χ1) is 8.52. The minimum atomic E-state index is -0.486. The van der Waals surface area contributed by atoms with Crippen LogP contribution < -0.4 is 0 Å². The first-order valence-electron chi connectivity index (χ1n) is 5.02. The normalized spacial score (nSPS) is 17.8. The molecule has 0 bridgehead atoms. The molecule has 0 aromatic carbocycles. The summed E-state index contributed by atoms with van der Waals surface area (Å²) in [4.78, 5) is 35.3. The molecule has 1 saturated heterocycles. The van der Waals surface area contributed by atoms with Crippen molar-refractivity contribution in [3.05, 3.63) is 32.0 Å². The van der Waals surface area contributed by atoms with Crippen molar-refractivity contribution in [2.24, 2.45) is 0 Å². The SMILES string of the molecule is CCN1C(=O)S/C(=C/c2ccc([N+](=O)[O-])s2)C1=O. The fraction of sp³-hybridized carbons (Fsp3) is 0.200. The lowest BCUT2D eigenvalue weighted by Crippen LogP contribution is -2.27. The molecule has 2 heterocycles. The Morgan fingerprint density at radius 3 is 2.67 bits per heavy atom. The zero-order valence-corrected chi connectivity index (χ0v) is 10.9. The molecule has 8 heteroatoms. The maximum atomic E-state index is 11.8. The average molecular weight is 284 g/mol. The van der Waals surface area contributed by atoms with Crippen molar-refractivity contribution in [3.8, 4) is 0 Å². The maximum absolute atomic E-state index is 11.8. The molecule has 1 fully saturated rings. The monoisotopic (exact) mass is 284 g/mol. The summed E-state index contributed by atoms with van der Waals surface area (Å²) in [5.41, 5.74) is 0. The van der Waals surface area contributed by atoms with E-state index < -0.39 is 4.92 Å². The van der Waals surface area contributed by atoms with Gasteiger partial charge in [-0.15, -0.1) is 0 Å². The summed E-state index contributed by atoms with van der Waals surface area (Å²) in [5.74, 6) is -0.344. The lowest BCUT2D eigenvalue weighted by Gasteiger charge is -2.06. The molecule has 6 nitrogen and oxygen atoms in total. The molecular formula is C10H8N2O4S2. The standard InChI is InChI=1S/C10H8N2O4S2/c1-2-11-9(13)7(18-10(11)14)5-6-3-4-8(17-6)12(15)16/h3-5H,2H2,1H3/b7-5+. The molecule has 0 saturated carbocycles. The van der Waals surface area contributed by atoms with Crippen LogP contribution in [-0.4, -0.2) is 27.5 Å². The number of carbonyl (C=O) groups is 2. The Balaban J connectivity index is 2.26. The molecule has 0 N–H and O–H groups in total. The largest absolute Gasteiger partial charge is 0.324 e. The Morgan fingerprint density at radius 1 is 1.44 bits per heavy atom. The Hall–Kier alpha value is -1.67. The summed E-state index contributed by atoms with van der Waals surface area (Å²) in [6.07, 6.45) is 1.51. The van der Waals surface area contributed by atoms with Gasteiger partial charge in [0.15, 0.2) is 0 Å². The number of rotatable bonds is 3. The van der Waals surface area contributed by atoms with Crippen LogP contribution in [0.5, 0.6) is 0 Å². The molecule has 0 unspecified atom stereocenters. The average Bonchev–Trinajstić information content (AvgIpc) is 2.86. The Labute approximate surface area is 110 Å². The molecule has 0 atom stereocenters. The Kier molecular flexibility index (Phi) is 3.48. The summed E-state index contributed by atoms with van der Waals surface area (Å²) in [6.45, 7) is 2.04. The molecule has 94 valence electrons. The highest BCUT2D eigenvalue weighted by atomic mass is 32.2. The number of imide groups is 1. The van der Waals surface area contributed by atoms with Gasteiger partial charge in [-0.25, -0.2) is 0 Å². The Morgan fingerprint density at radius 2 is 2.17 bits per heavy atom. The number of nitrogens with zero attached hydrogens (tertiary/aromatic N) is 2. The number of nitro groups is 1. The third kappa shape index (κ3) is 2.29. The van der Waals surface area contributed by atoms with E-state index in [-0.39, 0.29) is 16.1 Å². The highest BCUT2D eigenvalue weighted by molar-refractivity contribution is 8.18. The van der Waals surface area contributed by atoms with Crippen LogP contribution in [0.4, 0.5) is 9.80 Å². The second-order valence-corrected chi connectivity index (χ2v) is 5.45. The zero-order chi connectivity index (χ0) is 13.3. The van der Waals surface area contributed by atoms with E-state index in [4.69, 9.17) is 0 Å². The van der Waals surface area contributed by atoms with Gasteiger partial charge in [-0.1, -0.05) is 11.3 Å². The van der Waals surface area contributed by atoms with Crippen LogP contribution in [0.2, 0.25) is 0 Å². The van der Waals surface area contributed by atoms with Gasteiger partial charge < -0.3 is 0 Å². The van der Waals surface area contributed by atoms with Crippen LogP contribution in [0.3, 0.4) is 0 Å². The zero-order valence-electron chi connectivity index (χ0n) is 9.28. The fourth-order valence-electron chi connectivity index (χ4n) is 1.42. The van der Waals surface area contributed by atoms with Gasteiger partial charge >= 0.3 is 5.00 Å². The first-order valence-corrected chi connectivity index (χ1v) is 6.66. The second kappa shape index (κ2) is 4.91. The van der Waals surface area contributed by atoms with Gasteiger partial charge in [0.05, 0.1) is 9.83 Å². The maximum Gasteiger partial charge on any atom is 0.324 e. The molecule has 0 aliphatic carbocycles. The lowest BCUT2D eigenvalue weighted by molar-refractivity contribution is -0.380. The van der Waals surface area contributed by atoms with E-state index in [2.05, 4.69) is 0 Å². The van der Waals surface area contributed by atoms with Crippen LogP contribution in [0.15, 0.2) is 17.0 Å². The highest BCUT2D eigenvalue weighted by Gasteiger charge is 2.33. The molecule has 0 radical (unpaired) electrons. The van der Waals surface area contributed by atoms with Crippen LogP contribution in [0, 0.1) is 10.1 Å². The van der Waals surface area contributed by atoms with Crippen molar-refractivity contribution in [3.63, 3.8) is 0 Å². The van der Waals surface area contributed by atoms with Gasteiger partial charge in [0.2, 0.25) is 0 Å². The van der Waals surface area contributed by atoms with E-state index in [0.29, 0.717) is 16.3 Å². The van der Waals surface area contributed by atoms with Crippen LogP contribution in [0.1, 0.15) is 11.8 Å². The first kappa shape index (κ1) is 12.8. The van der Waals surface area contributed by atoms with Gasteiger partial charge in [0.1, 0.15) is 0 Å². The van der Waals surface area contributed by atoms with E-state index in [9.17, 15) is 19.7 Å².